The molecule has 0 saturated carbocycles. The normalized spacial score (nSPS) is 11.8. The van der Waals surface area contributed by atoms with Crippen LogP contribution < -0.4 is 14.4 Å². The van der Waals surface area contributed by atoms with Crippen LogP contribution >= 0.6 is 11.8 Å². The van der Waals surface area contributed by atoms with Crippen molar-refractivity contribution >= 4 is 23.1 Å². The third-order valence-electron chi connectivity index (χ3n) is 4.37. The molecule has 1 heterocycles. The van der Waals surface area contributed by atoms with Crippen LogP contribution in [-0.4, -0.2) is 20.3 Å². The first kappa shape index (κ1) is 18.9. The van der Waals surface area contributed by atoms with Gasteiger partial charge in [-0.1, -0.05) is 37.2 Å². The zero-order valence-corrected chi connectivity index (χ0v) is 16.5. The molecule has 0 bridgehead atoms. The lowest BCUT2D eigenvalue weighted by Gasteiger charge is -2.33. The lowest BCUT2D eigenvalue weighted by atomic mass is 10.0. The van der Waals surface area contributed by atoms with Gasteiger partial charge in [0, 0.05) is 11.9 Å². The fraction of sp³-hybridized carbons (Fsp3) is 0.333. The van der Waals surface area contributed by atoms with Crippen molar-refractivity contribution in [2.75, 3.05) is 25.2 Å². The monoisotopic (exact) mass is 379 g/mol. The van der Waals surface area contributed by atoms with Crippen LogP contribution in [0.5, 0.6) is 11.5 Å². The van der Waals surface area contributed by atoms with E-state index in [4.69, 9.17) is 9.47 Å². The molecule has 3 rings (SSSR count). The van der Waals surface area contributed by atoms with E-state index in [9.17, 15) is 10.5 Å². The SMILES string of the molecule is CCCCOc1c(C#N)c(C#N)c(OCC)c2c1Sc1ccccc1N2C. The number of para-hydroxylation sites is 1. The Morgan fingerprint density at radius 3 is 2.41 bits per heavy atom. The average Bonchev–Trinajstić information content (AvgIpc) is 2.69. The molecule has 0 aromatic heterocycles. The van der Waals surface area contributed by atoms with Crippen molar-refractivity contribution in [2.45, 2.75) is 36.5 Å². The third kappa shape index (κ3) is 3.29. The van der Waals surface area contributed by atoms with Crippen LogP contribution in [0, 0.1) is 22.7 Å². The molecule has 138 valence electrons. The number of nitrogens with zero attached hydrogens (tertiary/aromatic N) is 3. The highest BCUT2D eigenvalue weighted by molar-refractivity contribution is 7.99. The van der Waals surface area contributed by atoms with Gasteiger partial charge in [0.1, 0.15) is 29.0 Å². The van der Waals surface area contributed by atoms with Crippen molar-refractivity contribution < 1.29 is 9.47 Å². The molecule has 6 heteroatoms. The molecular weight excluding hydrogens is 358 g/mol. The summed E-state index contributed by atoms with van der Waals surface area (Å²) in [5.74, 6) is 0.922. The number of hydrogen-bond acceptors (Lipinski definition) is 6. The van der Waals surface area contributed by atoms with Crippen LogP contribution in [-0.2, 0) is 0 Å². The first-order valence-electron chi connectivity index (χ1n) is 8.98. The first-order chi connectivity index (χ1) is 13.2. The zero-order valence-electron chi connectivity index (χ0n) is 15.7. The van der Waals surface area contributed by atoms with Gasteiger partial charge >= 0.3 is 0 Å². The highest BCUT2D eigenvalue weighted by atomic mass is 32.2. The summed E-state index contributed by atoms with van der Waals surface area (Å²) in [7, 11) is 1.95. The Kier molecular flexibility index (Phi) is 5.78. The maximum atomic E-state index is 9.78. The maximum Gasteiger partial charge on any atom is 0.163 e. The van der Waals surface area contributed by atoms with E-state index in [2.05, 4.69) is 19.1 Å². The van der Waals surface area contributed by atoms with Gasteiger partial charge in [-0.05, 0) is 25.5 Å². The summed E-state index contributed by atoms with van der Waals surface area (Å²) in [5, 5.41) is 19.6. The molecule has 27 heavy (non-hydrogen) atoms. The van der Waals surface area contributed by atoms with Crippen molar-refractivity contribution in [3.8, 4) is 23.6 Å². The van der Waals surface area contributed by atoms with Crippen LogP contribution in [0.4, 0.5) is 11.4 Å². The van der Waals surface area contributed by atoms with E-state index in [1.165, 1.54) is 0 Å². The molecule has 0 saturated heterocycles. The smallest absolute Gasteiger partial charge is 0.163 e. The van der Waals surface area contributed by atoms with E-state index in [0.717, 1.165) is 34.0 Å². The van der Waals surface area contributed by atoms with Gasteiger partial charge in [0.2, 0.25) is 0 Å². The number of benzene rings is 2. The van der Waals surface area contributed by atoms with Crippen molar-refractivity contribution in [3.05, 3.63) is 35.4 Å². The molecule has 1 aliphatic rings. The predicted octanol–water partition coefficient (Wildman–Crippen LogP) is 5.24. The Labute approximate surface area is 164 Å². The van der Waals surface area contributed by atoms with Crippen molar-refractivity contribution in [1.29, 1.82) is 10.5 Å². The van der Waals surface area contributed by atoms with Gasteiger partial charge in [-0.25, -0.2) is 0 Å². The van der Waals surface area contributed by atoms with E-state index in [1.54, 1.807) is 11.8 Å². The summed E-state index contributed by atoms with van der Waals surface area (Å²) in [6, 6.07) is 12.4. The zero-order chi connectivity index (χ0) is 19.4. The number of fused-ring (bicyclic) bond motifs is 2. The fourth-order valence-corrected chi connectivity index (χ4v) is 4.33. The molecule has 0 N–H and O–H groups in total. The van der Waals surface area contributed by atoms with Crippen LogP contribution in [0.1, 0.15) is 37.8 Å². The quantitative estimate of drug-likeness (QED) is 0.639. The first-order valence-corrected chi connectivity index (χ1v) is 9.79. The third-order valence-corrected chi connectivity index (χ3v) is 5.52. The number of hydrogen-bond donors (Lipinski definition) is 0. The number of ether oxygens (including phenoxy) is 2. The number of unbranched alkanes of at least 4 members (excludes halogenated alkanes) is 1. The second-order valence-corrected chi connectivity index (χ2v) is 7.13. The van der Waals surface area contributed by atoms with Gasteiger partial charge in [0.05, 0.1) is 23.8 Å². The maximum absolute atomic E-state index is 9.78. The van der Waals surface area contributed by atoms with E-state index < -0.39 is 0 Å². The lowest BCUT2D eigenvalue weighted by molar-refractivity contribution is 0.298. The Bertz CT molecular complexity index is 944. The van der Waals surface area contributed by atoms with Crippen molar-refractivity contribution in [1.82, 2.24) is 0 Å². The predicted molar refractivity (Wildman–Crippen MR) is 106 cm³/mol. The largest absolute Gasteiger partial charge is 0.491 e. The molecule has 0 unspecified atom stereocenters. The topological polar surface area (TPSA) is 69.3 Å². The van der Waals surface area contributed by atoms with E-state index in [0.29, 0.717) is 24.7 Å². The van der Waals surface area contributed by atoms with Gasteiger partial charge in [-0.2, -0.15) is 10.5 Å². The summed E-state index contributed by atoms with van der Waals surface area (Å²) in [6.07, 6.45) is 1.87. The van der Waals surface area contributed by atoms with Gasteiger partial charge in [0.15, 0.2) is 11.5 Å². The number of rotatable bonds is 6. The number of anilines is 2. The Morgan fingerprint density at radius 1 is 1.04 bits per heavy atom. The summed E-state index contributed by atoms with van der Waals surface area (Å²) in [6.45, 7) is 4.86. The van der Waals surface area contributed by atoms with Crippen molar-refractivity contribution in [2.24, 2.45) is 0 Å². The highest BCUT2D eigenvalue weighted by Gasteiger charge is 2.33. The molecule has 0 fully saturated rings. The average molecular weight is 379 g/mol. The lowest BCUT2D eigenvalue weighted by Crippen LogP contribution is -2.18. The minimum Gasteiger partial charge on any atom is -0.491 e. The summed E-state index contributed by atoms with van der Waals surface area (Å²) >= 11 is 1.55. The van der Waals surface area contributed by atoms with Crippen molar-refractivity contribution in [3.63, 3.8) is 0 Å². The van der Waals surface area contributed by atoms with Crippen LogP contribution in [0.15, 0.2) is 34.1 Å². The second-order valence-electron chi connectivity index (χ2n) is 6.07. The van der Waals surface area contributed by atoms with E-state index >= 15 is 0 Å². The number of nitriles is 2. The molecule has 0 amide bonds. The Morgan fingerprint density at radius 2 is 1.74 bits per heavy atom. The van der Waals surface area contributed by atoms with E-state index in [-0.39, 0.29) is 11.1 Å². The minimum absolute atomic E-state index is 0.233. The molecule has 2 aromatic carbocycles. The molecule has 2 aromatic rings. The summed E-state index contributed by atoms with van der Waals surface area (Å²) < 4.78 is 11.9. The summed E-state index contributed by atoms with van der Waals surface area (Å²) in [4.78, 5) is 3.91. The molecule has 1 aliphatic heterocycles. The fourth-order valence-electron chi connectivity index (χ4n) is 3.07. The second kappa shape index (κ2) is 8.24. The molecule has 0 spiro atoms. The van der Waals surface area contributed by atoms with Gasteiger partial charge in [-0.3, -0.25) is 0 Å². The van der Waals surface area contributed by atoms with Crippen LogP contribution in [0.3, 0.4) is 0 Å². The Balaban J connectivity index is 2.29. The molecule has 0 radical (unpaired) electrons. The molecular formula is C21H21N3O2S. The van der Waals surface area contributed by atoms with Gasteiger partial charge in [0.25, 0.3) is 0 Å². The van der Waals surface area contributed by atoms with Gasteiger partial charge in [-0.15, -0.1) is 0 Å². The molecule has 5 nitrogen and oxygen atoms in total. The Hall–Kier alpha value is -2.83. The summed E-state index contributed by atoms with van der Waals surface area (Å²) in [5.41, 5.74) is 2.29. The van der Waals surface area contributed by atoms with Crippen LogP contribution in [0.2, 0.25) is 0 Å². The van der Waals surface area contributed by atoms with E-state index in [1.807, 2.05) is 43.1 Å². The van der Waals surface area contributed by atoms with Gasteiger partial charge < -0.3 is 14.4 Å². The highest BCUT2D eigenvalue weighted by Crippen LogP contribution is 2.57. The standard InChI is InChI=1S/C21H21N3O2S/c1-4-6-11-26-20-15(13-23)14(12-22)19(25-5-2)18-21(20)27-17-10-8-7-9-16(17)24(18)3/h7-10H,4-6,11H2,1-3H3. The molecule has 0 aliphatic carbocycles. The van der Waals surface area contributed by atoms with Crippen LogP contribution in [0.25, 0.3) is 0 Å². The minimum atomic E-state index is 0.233. The molecule has 0 atom stereocenters.